The summed E-state index contributed by atoms with van der Waals surface area (Å²) in [6.45, 7) is 2.06. The summed E-state index contributed by atoms with van der Waals surface area (Å²) in [5, 5.41) is -0.0366. The van der Waals surface area contributed by atoms with Crippen molar-refractivity contribution in [3.05, 3.63) is 21.6 Å². The second kappa shape index (κ2) is 7.02. The van der Waals surface area contributed by atoms with Crippen LogP contribution in [0.25, 0.3) is 0 Å². The first kappa shape index (κ1) is 16.5. The molecule has 0 aromatic heterocycles. The molecule has 0 unspecified atom stereocenters. The normalized spacial score (nSPS) is 49.0. The minimum Gasteiger partial charge on any atom is -0.369 e. The Hall–Kier alpha value is 0.610. The zero-order chi connectivity index (χ0) is 15.0. The molecule has 0 aromatic rings. The van der Waals surface area contributed by atoms with Crippen molar-refractivity contribution in [3.63, 3.8) is 0 Å². The van der Waals surface area contributed by atoms with E-state index >= 15 is 0 Å². The molecule has 3 aliphatic rings. The Bertz CT molecular complexity index is 443. The molecule has 0 spiro atoms. The van der Waals surface area contributed by atoms with Crippen LogP contribution in [-0.2, 0) is 14.2 Å². The van der Waals surface area contributed by atoms with Gasteiger partial charge >= 0.3 is 0 Å². The zero-order valence-corrected chi connectivity index (χ0v) is 15.7. The van der Waals surface area contributed by atoms with E-state index in [1.165, 1.54) is 0 Å². The number of rotatable bonds is 1. The second-order valence-corrected chi connectivity index (χ2v) is 7.77. The Labute approximate surface area is 147 Å². The summed E-state index contributed by atoms with van der Waals surface area (Å²) in [6, 6.07) is 0. The van der Waals surface area contributed by atoms with Crippen LogP contribution < -0.4 is 0 Å². The van der Waals surface area contributed by atoms with Gasteiger partial charge in [-0.2, -0.15) is 0 Å². The van der Waals surface area contributed by atoms with Crippen LogP contribution in [0.5, 0.6) is 0 Å². The Morgan fingerprint density at radius 2 is 1.95 bits per heavy atom. The summed E-state index contributed by atoms with van der Waals surface area (Å²) in [4.78, 5) is 1.83. The van der Waals surface area contributed by atoms with Crippen molar-refractivity contribution in [2.45, 2.75) is 68.2 Å². The molecule has 3 aliphatic heterocycles. The first-order chi connectivity index (χ1) is 10.1. The van der Waals surface area contributed by atoms with Gasteiger partial charge in [0, 0.05) is 10.9 Å². The molecule has 7 atom stereocenters. The summed E-state index contributed by atoms with van der Waals surface area (Å²) in [6.07, 6.45) is 7.40. The van der Waals surface area contributed by atoms with Gasteiger partial charge in [0.25, 0.3) is 0 Å². The molecule has 2 saturated heterocycles. The molecule has 6 heteroatoms. The fourth-order valence-electron chi connectivity index (χ4n) is 3.04. The minimum absolute atomic E-state index is 0.00197. The molecule has 0 radical (unpaired) electrons. The number of halogens is 3. The van der Waals surface area contributed by atoms with Crippen molar-refractivity contribution >= 4 is 43.5 Å². The van der Waals surface area contributed by atoms with E-state index in [1.54, 1.807) is 0 Å². The lowest BCUT2D eigenvalue weighted by Gasteiger charge is -2.21. The highest BCUT2D eigenvalue weighted by Gasteiger charge is 2.45. The van der Waals surface area contributed by atoms with Gasteiger partial charge in [0.2, 0.25) is 0 Å². The standard InChI is InChI=1S/C15H19Br2ClO3/c1-8-3-2-4-11-13(20-11)5-10(18)12-6-14(19-8)15(21-12)9(17)7-16/h2-3,7-8,10-15H,4-6H2,1H3/b3-2+,9-7-/t8-,10+,11-,12+,13+,14-,15+/m0/s1. The highest BCUT2D eigenvalue weighted by atomic mass is 79.9. The van der Waals surface area contributed by atoms with Crippen LogP contribution in [0.1, 0.15) is 26.2 Å². The topological polar surface area (TPSA) is 31.0 Å². The van der Waals surface area contributed by atoms with Crippen LogP contribution >= 0.6 is 43.5 Å². The van der Waals surface area contributed by atoms with Gasteiger partial charge in [0.05, 0.1) is 35.9 Å². The van der Waals surface area contributed by atoms with E-state index < -0.39 is 0 Å². The highest BCUT2D eigenvalue weighted by Crippen LogP contribution is 2.39. The zero-order valence-electron chi connectivity index (χ0n) is 11.8. The van der Waals surface area contributed by atoms with Crippen molar-refractivity contribution < 1.29 is 14.2 Å². The van der Waals surface area contributed by atoms with Crippen LogP contribution in [0.2, 0.25) is 0 Å². The smallest absolute Gasteiger partial charge is 0.116 e. The Morgan fingerprint density at radius 3 is 2.71 bits per heavy atom. The predicted molar refractivity (Wildman–Crippen MR) is 90.2 cm³/mol. The number of hydrogen-bond acceptors (Lipinski definition) is 3. The molecule has 3 nitrogen and oxygen atoms in total. The number of hydrogen-bond donors (Lipinski definition) is 0. The van der Waals surface area contributed by atoms with Gasteiger partial charge in [-0.1, -0.05) is 44.0 Å². The molecule has 0 amide bonds. The van der Waals surface area contributed by atoms with E-state index in [9.17, 15) is 0 Å². The maximum absolute atomic E-state index is 6.55. The number of epoxide rings is 1. The SMILES string of the molecule is C[C@H]1/C=C/C[C@@H]2O[C@@H]2C[C@@H](Cl)[C@H]2C[C@H](O1)[C@@H](/C(Br)=C/Br)O2. The van der Waals surface area contributed by atoms with Gasteiger partial charge in [-0.25, -0.2) is 0 Å². The van der Waals surface area contributed by atoms with Gasteiger partial charge in [0.15, 0.2) is 0 Å². The summed E-state index contributed by atoms with van der Waals surface area (Å²) in [5.41, 5.74) is 0. The summed E-state index contributed by atoms with van der Waals surface area (Å²) >= 11 is 13.4. The molecule has 2 bridgehead atoms. The van der Waals surface area contributed by atoms with Crippen LogP contribution in [0.3, 0.4) is 0 Å². The van der Waals surface area contributed by atoms with Gasteiger partial charge in [-0.15, -0.1) is 11.6 Å². The fraction of sp³-hybridized carbons (Fsp3) is 0.733. The lowest BCUT2D eigenvalue weighted by molar-refractivity contribution is -0.0182. The molecule has 0 N–H and O–H groups in total. The van der Waals surface area contributed by atoms with Crippen molar-refractivity contribution in [2.75, 3.05) is 0 Å². The number of fused-ring (bicyclic) bond motifs is 3. The first-order valence-electron chi connectivity index (χ1n) is 7.31. The van der Waals surface area contributed by atoms with Crippen LogP contribution in [0.15, 0.2) is 21.6 Å². The number of ether oxygens (including phenoxy) is 3. The Kier molecular flexibility index (Phi) is 5.50. The lowest BCUT2D eigenvalue weighted by atomic mass is 10.0. The van der Waals surface area contributed by atoms with Gasteiger partial charge in [-0.3, -0.25) is 0 Å². The fourth-order valence-corrected chi connectivity index (χ4v) is 4.04. The first-order valence-corrected chi connectivity index (χ1v) is 9.46. The van der Waals surface area contributed by atoms with Crippen LogP contribution in [0, 0.1) is 0 Å². The average Bonchev–Trinajstić information content (AvgIpc) is 3.03. The van der Waals surface area contributed by atoms with E-state index in [4.69, 9.17) is 25.8 Å². The summed E-state index contributed by atoms with van der Waals surface area (Å²) < 4.78 is 18.9. The minimum atomic E-state index is -0.108. The van der Waals surface area contributed by atoms with E-state index in [0.717, 1.165) is 23.7 Å². The van der Waals surface area contributed by atoms with E-state index in [-0.39, 0.29) is 35.9 Å². The van der Waals surface area contributed by atoms with Crippen molar-refractivity contribution in [1.29, 1.82) is 0 Å². The lowest BCUT2D eigenvalue weighted by Crippen LogP contribution is -2.27. The molecule has 0 saturated carbocycles. The largest absolute Gasteiger partial charge is 0.369 e. The monoisotopic (exact) mass is 440 g/mol. The molecular weight excluding hydrogens is 423 g/mol. The Balaban J connectivity index is 1.77. The summed E-state index contributed by atoms with van der Waals surface area (Å²) in [7, 11) is 0. The molecule has 3 rings (SSSR count). The molecule has 3 heterocycles. The van der Waals surface area contributed by atoms with Gasteiger partial charge < -0.3 is 14.2 Å². The third kappa shape index (κ3) is 3.93. The Morgan fingerprint density at radius 1 is 1.14 bits per heavy atom. The third-order valence-corrected chi connectivity index (χ3v) is 6.46. The van der Waals surface area contributed by atoms with E-state index in [2.05, 4.69) is 50.9 Å². The van der Waals surface area contributed by atoms with Crippen LogP contribution in [0.4, 0.5) is 0 Å². The maximum atomic E-state index is 6.55. The molecular formula is C15H19Br2ClO3. The second-order valence-electron chi connectivity index (χ2n) is 5.83. The quantitative estimate of drug-likeness (QED) is 0.345. The van der Waals surface area contributed by atoms with E-state index in [0.29, 0.717) is 6.10 Å². The number of alkyl halides is 1. The van der Waals surface area contributed by atoms with Crippen molar-refractivity contribution in [1.82, 2.24) is 0 Å². The van der Waals surface area contributed by atoms with Crippen molar-refractivity contribution in [2.24, 2.45) is 0 Å². The van der Waals surface area contributed by atoms with Gasteiger partial charge in [0.1, 0.15) is 6.10 Å². The summed E-state index contributed by atoms with van der Waals surface area (Å²) in [5.74, 6) is 0. The van der Waals surface area contributed by atoms with Crippen LogP contribution in [-0.4, -0.2) is 42.0 Å². The maximum Gasteiger partial charge on any atom is 0.116 e. The van der Waals surface area contributed by atoms with Crippen molar-refractivity contribution in [3.8, 4) is 0 Å². The third-order valence-electron chi connectivity index (χ3n) is 4.21. The predicted octanol–water partition coefficient (Wildman–Crippen LogP) is 4.27. The molecule has 2 fully saturated rings. The van der Waals surface area contributed by atoms with E-state index in [1.807, 2.05) is 4.99 Å². The highest BCUT2D eigenvalue weighted by molar-refractivity contribution is 9.14. The molecule has 0 aromatic carbocycles. The molecule has 118 valence electrons. The average molecular weight is 443 g/mol. The molecule has 21 heavy (non-hydrogen) atoms. The van der Waals surface area contributed by atoms with Gasteiger partial charge in [-0.05, 0) is 24.8 Å². The molecule has 0 aliphatic carbocycles.